The Balaban J connectivity index is 1.83. The Labute approximate surface area is 208 Å². The number of aryl methyl sites for hydroxylation is 1. The van der Waals surface area contributed by atoms with Crippen molar-refractivity contribution in [3.8, 4) is 11.5 Å². The van der Waals surface area contributed by atoms with Crippen molar-refractivity contribution < 1.29 is 33.4 Å². The van der Waals surface area contributed by atoms with Gasteiger partial charge in [0.15, 0.2) is 11.5 Å². The van der Waals surface area contributed by atoms with Crippen LogP contribution in [0.4, 0.5) is 4.79 Å². The number of hydrogen-bond donors (Lipinski definition) is 0. The molecule has 1 heterocycles. The van der Waals surface area contributed by atoms with E-state index in [1.165, 1.54) is 13.2 Å². The molecule has 0 unspecified atom stereocenters. The van der Waals surface area contributed by atoms with Crippen molar-refractivity contribution in [2.75, 3.05) is 20.3 Å². The SMILES string of the molecule is CCOC(=O)CN1C(=O)S/C(=C\c2cc(I)c(OC(=O)c3ccc(C)cc3)c(OC)c2)C1=O. The summed E-state index contributed by atoms with van der Waals surface area (Å²) in [6.45, 7) is 3.28. The van der Waals surface area contributed by atoms with E-state index in [9.17, 15) is 19.2 Å². The summed E-state index contributed by atoms with van der Waals surface area (Å²) < 4.78 is 16.3. The van der Waals surface area contributed by atoms with Crippen molar-refractivity contribution in [2.24, 2.45) is 0 Å². The fourth-order valence-corrected chi connectivity index (χ4v) is 4.46. The molecule has 172 valence electrons. The van der Waals surface area contributed by atoms with Crippen LogP contribution in [-0.4, -0.2) is 48.2 Å². The molecule has 2 aromatic rings. The van der Waals surface area contributed by atoms with Gasteiger partial charge in [0.2, 0.25) is 0 Å². The molecule has 3 rings (SSSR count). The second kappa shape index (κ2) is 10.8. The van der Waals surface area contributed by atoms with Gasteiger partial charge in [0.25, 0.3) is 11.1 Å². The van der Waals surface area contributed by atoms with Crippen LogP contribution in [-0.2, 0) is 14.3 Å². The van der Waals surface area contributed by atoms with Crippen LogP contribution in [0.3, 0.4) is 0 Å². The Morgan fingerprint density at radius 1 is 1.15 bits per heavy atom. The number of nitrogens with zero attached hydrogens (tertiary/aromatic N) is 1. The number of imide groups is 1. The third-order valence-corrected chi connectivity index (χ3v) is 6.21. The lowest BCUT2D eigenvalue weighted by molar-refractivity contribution is -0.145. The molecule has 1 aliphatic rings. The number of halogens is 1. The topological polar surface area (TPSA) is 99.2 Å². The number of carbonyl (C=O) groups excluding carboxylic acids is 4. The molecule has 0 N–H and O–H groups in total. The highest BCUT2D eigenvalue weighted by Gasteiger charge is 2.36. The number of amides is 2. The zero-order valence-corrected chi connectivity index (χ0v) is 21.0. The summed E-state index contributed by atoms with van der Waals surface area (Å²) in [5, 5.41) is -0.551. The smallest absolute Gasteiger partial charge is 0.343 e. The molecule has 0 atom stereocenters. The summed E-state index contributed by atoms with van der Waals surface area (Å²) in [6.07, 6.45) is 1.52. The standard InChI is InChI=1S/C23H20INO7S/c1-4-31-19(26)12-25-21(27)18(33-23(25)29)11-14-9-16(24)20(17(10-14)30-3)32-22(28)15-7-5-13(2)6-8-15/h5-11H,4,12H2,1-3H3/b18-11-. The van der Waals surface area contributed by atoms with Crippen LogP contribution >= 0.6 is 34.4 Å². The first-order valence-electron chi connectivity index (χ1n) is 9.80. The molecule has 0 aliphatic carbocycles. The van der Waals surface area contributed by atoms with Crippen LogP contribution < -0.4 is 9.47 Å². The van der Waals surface area contributed by atoms with Crippen LogP contribution in [0.15, 0.2) is 41.3 Å². The molecular weight excluding hydrogens is 561 g/mol. The number of benzene rings is 2. The van der Waals surface area contributed by atoms with Crippen LogP contribution in [0, 0.1) is 10.5 Å². The number of ether oxygens (including phenoxy) is 3. The Bertz CT molecular complexity index is 1140. The predicted octanol–water partition coefficient (Wildman–Crippen LogP) is 4.43. The van der Waals surface area contributed by atoms with E-state index in [1.807, 2.05) is 41.6 Å². The number of rotatable bonds is 7. The summed E-state index contributed by atoms with van der Waals surface area (Å²) in [4.78, 5) is 50.0. The highest BCUT2D eigenvalue weighted by molar-refractivity contribution is 14.1. The number of methoxy groups -OCH3 is 1. The maximum absolute atomic E-state index is 12.6. The Hall–Kier alpha value is -2.86. The van der Waals surface area contributed by atoms with E-state index in [0.717, 1.165) is 22.2 Å². The van der Waals surface area contributed by atoms with Crippen molar-refractivity contribution in [2.45, 2.75) is 13.8 Å². The lowest BCUT2D eigenvalue weighted by atomic mass is 10.1. The maximum Gasteiger partial charge on any atom is 0.343 e. The molecular formula is C23H20INO7S. The molecule has 2 amide bonds. The normalized spacial score (nSPS) is 14.5. The van der Waals surface area contributed by atoms with Gasteiger partial charge in [-0.1, -0.05) is 17.7 Å². The summed E-state index contributed by atoms with van der Waals surface area (Å²) in [5.41, 5.74) is 1.99. The summed E-state index contributed by atoms with van der Waals surface area (Å²) in [7, 11) is 1.44. The van der Waals surface area contributed by atoms with E-state index < -0.39 is 29.6 Å². The monoisotopic (exact) mass is 581 g/mol. The van der Waals surface area contributed by atoms with Gasteiger partial charge in [-0.15, -0.1) is 0 Å². The van der Waals surface area contributed by atoms with Gasteiger partial charge in [0, 0.05) is 0 Å². The van der Waals surface area contributed by atoms with Gasteiger partial charge in [0.1, 0.15) is 6.54 Å². The largest absolute Gasteiger partial charge is 0.493 e. The summed E-state index contributed by atoms with van der Waals surface area (Å²) in [6, 6.07) is 10.3. The third-order valence-electron chi connectivity index (χ3n) is 4.50. The number of carbonyl (C=O) groups is 4. The average Bonchev–Trinajstić information content (AvgIpc) is 3.03. The first-order chi connectivity index (χ1) is 15.7. The van der Waals surface area contributed by atoms with Crippen molar-refractivity contribution in [3.63, 3.8) is 0 Å². The van der Waals surface area contributed by atoms with Crippen molar-refractivity contribution >= 4 is 63.5 Å². The van der Waals surface area contributed by atoms with Gasteiger partial charge < -0.3 is 14.2 Å². The molecule has 0 aromatic heterocycles. The molecule has 10 heteroatoms. The average molecular weight is 581 g/mol. The summed E-state index contributed by atoms with van der Waals surface area (Å²) in [5.74, 6) is -1.23. The van der Waals surface area contributed by atoms with E-state index in [4.69, 9.17) is 14.2 Å². The molecule has 0 bridgehead atoms. The van der Waals surface area contributed by atoms with Gasteiger partial charge in [-0.3, -0.25) is 19.3 Å². The van der Waals surface area contributed by atoms with E-state index in [2.05, 4.69) is 0 Å². The number of esters is 2. The first-order valence-corrected chi connectivity index (χ1v) is 11.7. The van der Waals surface area contributed by atoms with Crippen LogP contribution in [0.5, 0.6) is 11.5 Å². The number of thioether (sulfide) groups is 1. The lowest BCUT2D eigenvalue weighted by Crippen LogP contribution is -2.34. The number of hydrogen-bond acceptors (Lipinski definition) is 8. The van der Waals surface area contributed by atoms with Crippen LogP contribution in [0.25, 0.3) is 6.08 Å². The maximum atomic E-state index is 12.6. The highest BCUT2D eigenvalue weighted by atomic mass is 127. The minimum absolute atomic E-state index is 0.157. The molecule has 0 spiro atoms. The van der Waals surface area contributed by atoms with E-state index >= 15 is 0 Å². The second-order valence-corrected chi connectivity index (χ2v) is 9.02. The van der Waals surface area contributed by atoms with Gasteiger partial charge in [-0.25, -0.2) is 4.79 Å². The van der Waals surface area contributed by atoms with Crippen molar-refractivity contribution in [1.29, 1.82) is 0 Å². The molecule has 0 radical (unpaired) electrons. The van der Waals surface area contributed by atoms with Gasteiger partial charge in [-0.2, -0.15) is 0 Å². The van der Waals surface area contributed by atoms with Gasteiger partial charge >= 0.3 is 11.9 Å². The molecule has 1 aliphatic heterocycles. The van der Waals surface area contributed by atoms with Crippen molar-refractivity contribution in [3.05, 3.63) is 61.6 Å². The molecule has 1 fully saturated rings. The van der Waals surface area contributed by atoms with Crippen molar-refractivity contribution in [1.82, 2.24) is 4.90 Å². The Kier molecular flexibility index (Phi) is 8.14. The molecule has 33 heavy (non-hydrogen) atoms. The molecule has 8 nitrogen and oxygen atoms in total. The Morgan fingerprint density at radius 2 is 1.85 bits per heavy atom. The summed E-state index contributed by atoms with van der Waals surface area (Å²) >= 11 is 2.73. The third kappa shape index (κ3) is 5.93. The zero-order chi connectivity index (χ0) is 24.1. The van der Waals surface area contributed by atoms with Gasteiger partial charge in [-0.05, 0) is 84.1 Å². The molecule has 0 saturated carbocycles. The van der Waals surface area contributed by atoms with E-state index in [0.29, 0.717) is 20.4 Å². The van der Waals surface area contributed by atoms with Crippen LogP contribution in [0.2, 0.25) is 0 Å². The zero-order valence-electron chi connectivity index (χ0n) is 18.0. The highest BCUT2D eigenvalue weighted by Crippen LogP contribution is 2.37. The van der Waals surface area contributed by atoms with Gasteiger partial charge in [0.05, 0.1) is 27.8 Å². The molecule has 1 saturated heterocycles. The Morgan fingerprint density at radius 3 is 2.48 bits per heavy atom. The van der Waals surface area contributed by atoms with E-state index in [-0.39, 0.29) is 17.3 Å². The minimum Gasteiger partial charge on any atom is -0.493 e. The predicted molar refractivity (Wildman–Crippen MR) is 131 cm³/mol. The quantitative estimate of drug-likeness (QED) is 0.205. The molecule has 2 aromatic carbocycles. The second-order valence-electron chi connectivity index (χ2n) is 6.86. The minimum atomic E-state index is -0.656. The first kappa shape index (κ1) is 24.8. The fraction of sp³-hybridized carbons (Fsp3) is 0.217. The lowest BCUT2D eigenvalue weighted by Gasteiger charge is -2.13. The fourth-order valence-electron chi connectivity index (χ4n) is 2.89. The van der Waals surface area contributed by atoms with E-state index in [1.54, 1.807) is 31.2 Å². The van der Waals surface area contributed by atoms with Crippen LogP contribution in [0.1, 0.15) is 28.4 Å².